The molecule has 0 bridgehead atoms. The van der Waals surface area contributed by atoms with E-state index >= 15 is 0 Å². The van der Waals surface area contributed by atoms with E-state index in [2.05, 4.69) is 85.8 Å². The third kappa shape index (κ3) is 1.50. The van der Waals surface area contributed by atoms with Crippen LogP contribution in [0.4, 0.5) is 0 Å². The average molecular weight is 452 g/mol. The Bertz CT molecular complexity index is 2170. The Morgan fingerprint density at radius 1 is 0.914 bits per heavy atom. The van der Waals surface area contributed by atoms with E-state index in [0.717, 1.165) is 56.6 Å². The van der Waals surface area contributed by atoms with Crippen LogP contribution in [0.5, 0.6) is 11.6 Å². The molecule has 0 aliphatic carbocycles. The van der Waals surface area contributed by atoms with Gasteiger partial charge in [0.05, 0.1) is 17.1 Å². The molecule has 1 spiro atoms. The summed E-state index contributed by atoms with van der Waals surface area (Å²) >= 11 is 0. The molecule has 8 heterocycles. The van der Waals surface area contributed by atoms with Crippen LogP contribution in [0.3, 0.4) is 0 Å². The van der Waals surface area contributed by atoms with E-state index in [0.29, 0.717) is 0 Å². The second-order valence-electron chi connectivity index (χ2n) is 9.62. The van der Waals surface area contributed by atoms with Gasteiger partial charge < -0.3 is 4.74 Å². The van der Waals surface area contributed by atoms with Crippen molar-refractivity contribution in [3.63, 3.8) is 0 Å². The molecule has 0 fully saturated rings. The topological polar surface area (TPSA) is 52.1 Å². The maximum atomic E-state index is 6.59. The van der Waals surface area contributed by atoms with Crippen molar-refractivity contribution < 1.29 is 13.9 Å². The lowest BCUT2D eigenvalue weighted by Gasteiger charge is -2.26. The molecule has 7 aromatic rings. The lowest BCUT2D eigenvalue weighted by atomic mass is 9.97. The van der Waals surface area contributed by atoms with Gasteiger partial charge in [0.25, 0.3) is 5.65 Å². The van der Waals surface area contributed by atoms with Crippen molar-refractivity contribution in [2.75, 3.05) is 0 Å². The van der Waals surface area contributed by atoms with Gasteiger partial charge >= 0.3 is 17.3 Å². The highest BCUT2D eigenvalue weighted by molar-refractivity contribution is 6.15. The second kappa shape index (κ2) is 5.00. The largest absolute Gasteiger partial charge is 0.449 e. The van der Waals surface area contributed by atoms with Crippen molar-refractivity contribution in [2.24, 2.45) is 0 Å². The van der Waals surface area contributed by atoms with Crippen LogP contribution in [-0.4, -0.2) is 19.2 Å². The van der Waals surface area contributed by atoms with Gasteiger partial charge in [-0.25, -0.2) is 4.98 Å². The van der Waals surface area contributed by atoms with Gasteiger partial charge in [-0.05, 0) is 49.4 Å². The first-order valence-electron chi connectivity index (χ1n) is 11.8. The van der Waals surface area contributed by atoms with Gasteiger partial charge in [-0.1, -0.05) is 22.8 Å². The number of ether oxygens (including phenoxy) is 1. The zero-order chi connectivity index (χ0) is 22.6. The minimum absolute atomic E-state index is 0.752. The average Bonchev–Trinajstić information content (AvgIpc) is 3.60. The molecule has 0 amide bonds. The van der Waals surface area contributed by atoms with Crippen LogP contribution < -0.4 is 13.9 Å². The molecular weight excluding hydrogens is 436 g/mol. The molecule has 10 rings (SSSR count). The highest BCUT2D eigenvalue weighted by Gasteiger charge is 2.70. The van der Waals surface area contributed by atoms with Crippen LogP contribution in [-0.2, 0) is 5.79 Å². The fourth-order valence-electron chi connectivity index (χ4n) is 6.91. The Morgan fingerprint density at radius 3 is 2.83 bits per heavy atom. The van der Waals surface area contributed by atoms with E-state index in [1.54, 1.807) is 0 Å². The Labute approximate surface area is 197 Å². The minimum Gasteiger partial charge on any atom is -0.404 e. The normalized spacial score (nSPS) is 18.2. The monoisotopic (exact) mass is 452 g/mol. The maximum Gasteiger partial charge on any atom is 0.449 e. The fourth-order valence-corrected chi connectivity index (χ4v) is 6.91. The Morgan fingerprint density at radius 2 is 1.86 bits per heavy atom. The molecule has 0 saturated heterocycles. The predicted octanol–water partition coefficient (Wildman–Crippen LogP) is 4.03. The number of aromatic nitrogens is 6. The molecule has 7 heteroatoms. The number of rotatable bonds is 0. The summed E-state index contributed by atoms with van der Waals surface area (Å²) in [5.74, 6) is 0.922. The molecule has 0 radical (unpaired) electrons. The van der Waals surface area contributed by atoms with Gasteiger partial charge in [0.2, 0.25) is 11.2 Å². The van der Waals surface area contributed by atoms with E-state index in [9.17, 15) is 0 Å². The summed E-state index contributed by atoms with van der Waals surface area (Å²) in [6, 6.07) is 25.6. The summed E-state index contributed by atoms with van der Waals surface area (Å²) in [6.07, 6.45) is 1.88. The predicted molar refractivity (Wildman–Crippen MR) is 128 cm³/mol. The van der Waals surface area contributed by atoms with Crippen LogP contribution in [0.2, 0.25) is 0 Å². The summed E-state index contributed by atoms with van der Waals surface area (Å²) < 4.78 is 15.8. The van der Waals surface area contributed by atoms with E-state index in [1.165, 1.54) is 16.2 Å². The molecule has 1 atom stereocenters. The summed E-state index contributed by atoms with van der Waals surface area (Å²) in [7, 11) is 0. The molecule has 2 aromatic carbocycles. The lowest BCUT2D eigenvalue weighted by molar-refractivity contribution is -0.960. The zero-order valence-corrected chi connectivity index (χ0v) is 18.6. The van der Waals surface area contributed by atoms with E-state index < -0.39 is 5.79 Å². The van der Waals surface area contributed by atoms with Crippen LogP contribution in [0, 0.1) is 6.92 Å². The van der Waals surface area contributed by atoms with Crippen molar-refractivity contribution in [3.8, 4) is 23.0 Å². The maximum absolute atomic E-state index is 6.59. The van der Waals surface area contributed by atoms with Gasteiger partial charge in [0.1, 0.15) is 11.2 Å². The van der Waals surface area contributed by atoms with E-state index in [1.807, 2.05) is 18.3 Å². The first-order chi connectivity index (χ1) is 17.3. The quantitative estimate of drug-likeness (QED) is 0.258. The smallest absolute Gasteiger partial charge is 0.404 e. The standard InChI is InChI=1S/C28H16N6O/c1-15-14-21-19-8-4-10-23-32(19)28(34(21)30-15)25-22(35-23)12-11-17-16-6-2-3-7-18(16)31-26-20(9-5-13-29-26)33(28)27(31)24(17)25/h2-14H,1H3/q+2. The summed E-state index contributed by atoms with van der Waals surface area (Å²) in [4.78, 5) is 4.90. The molecule has 1 unspecified atom stereocenters. The number of pyridine rings is 3. The van der Waals surface area contributed by atoms with Crippen molar-refractivity contribution >= 4 is 38.5 Å². The number of aryl methyl sites for hydroxylation is 1. The van der Waals surface area contributed by atoms with Gasteiger partial charge in [-0.2, -0.15) is 9.50 Å². The molecule has 5 aromatic heterocycles. The van der Waals surface area contributed by atoms with Gasteiger partial charge in [0.15, 0.2) is 11.3 Å². The van der Waals surface area contributed by atoms with Gasteiger partial charge in [-0.15, -0.1) is 9.25 Å². The van der Waals surface area contributed by atoms with Crippen LogP contribution in [0.1, 0.15) is 11.3 Å². The lowest BCUT2D eigenvalue weighted by Crippen LogP contribution is -2.75. The minimum atomic E-state index is -0.752. The van der Waals surface area contributed by atoms with Crippen LogP contribution >= 0.6 is 0 Å². The van der Waals surface area contributed by atoms with Crippen molar-refractivity contribution in [2.45, 2.75) is 12.7 Å². The Balaban J connectivity index is 1.62. The molecular formula is C28H16N6O+2. The molecule has 0 N–H and O–H groups in total. The third-order valence-corrected chi connectivity index (χ3v) is 7.99. The van der Waals surface area contributed by atoms with E-state index in [-0.39, 0.29) is 0 Å². The molecule has 0 saturated carbocycles. The van der Waals surface area contributed by atoms with Crippen molar-refractivity contribution in [1.29, 1.82) is 0 Å². The highest BCUT2D eigenvalue weighted by Crippen LogP contribution is 2.52. The second-order valence-corrected chi connectivity index (χ2v) is 9.62. The number of fused-ring (bicyclic) bond motifs is 8. The number of benzene rings is 2. The molecule has 7 nitrogen and oxygen atoms in total. The number of para-hydroxylation sites is 1. The molecule has 3 aliphatic heterocycles. The Hall–Kier alpha value is -4.78. The third-order valence-electron chi connectivity index (χ3n) is 7.99. The van der Waals surface area contributed by atoms with Gasteiger partial charge in [0, 0.05) is 23.0 Å². The SMILES string of the molecule is Cc1cc2n(n1)C13c4c(ccc5c6ccccc6n6c7ncccc7[n+]1c6c45)Oc1cccc-2[n+]13. The first kappa shape index (κ1) is 16.8. The van der Waals surface area contributed by atoms with Crippen molar-refractivity contribution in [1.82, 2.24) is 19.2 Å². The Kier molecular flexibility index (Phi) is 2.40. The molecule has 35 heavy (non-hydrogen) atoms. The summed E-state index contributed by atoms with van der Waals surface area (Å²) in [6.45, 7) is 2.06. The number of hydrogen-bond acceptors (Lipinski definition) is 3. The van der Waals surface area contributed by atoms with Crippen LogP contribution in [0.15, 0.2) is 79.0 Å². The fraction of sp³-hybridized carbons (Fsp3) is 0.0714. The number of imidazole rings is 1. The van der Waals surface area contributed by atoms with Crippen molar-refractivity contribution in [3.05, 3.63) is 90.3 Å². The van der Waals surface area contributed by atoms with E-state index in [4.69, 9.17) is 14.8 Å². The zero-order valence-electron chi connectivity index (χ0n) is 18.6. The first-order valence-corrected chi connectivity index (χ1v) is 11.8. The highest BCUT2D eigenvalue weighted by atomic mass is 16.5. The number of nitrogens with zero attached hydrogens (tertiary/aromatic N) is 6. The summed E-state index contributed by atoms with van der Waals surface area (Å²) in [5.41, 5.74) is 8.55. The van der Waals surface area contributed by atoms with Gasteiger partial charge in [-0.3, -0.25) is 0 Å². The van der Waals surface area contributed by atoms with Crippen LogP contribution in [0.25, 0.3) is 49.9 Å². The molecule has 162 valence electrons. The number of hydrogen-bond donors (Lipinski definition) is 0. The molecule has 3 aliphatic rings. The summed E-state index contributed by atoms with van der Waals surface area (Å²) in [5, 5.41) is 8.71.